The van der Waals surface area contributed by atoms with E-state index in [-0.39, 0.29) is 12.7 Å². The van der Waals surface area contributed by atoms with Gasteiger partial charge in [0.25, 0.3) is 0 Å². The Hall–Kier alpha value is -2.33. The third kappa shape index (κ3) is 10.7. The lowest BCUT2D eigenvalue weighted by molar-refractivity contribution is -0.134. The van der Waals surface area contributed by atoms with Gasteiger partial charge in [0.1, 0.15) is 6.61 Å². The molecular weight excluding hydrogens is 406 g/mol. The van der Waals surface area contributed by atoms with Gasteiger partial charge in [0.05, 0.1) is 24.3 Å². The van der Waals surface area contributed by atoms with Crippen molar-refractivity contribution in [2.24, 2.45) is 0 Å². The van der Waals surface area contributed by atoms with Gasteiger partial charge in [-0.15, -0.1) is 0 Å². The van der Waals surface area contributed by atoms with Crippen molar-refractivity contribution in [1.29, 1.82) is 0 Å². The molecule has 0 amide bonds. The summed E-state index contributed by atoms with van der Waals surface area (Å²) in [6.45, 7) is 5.59. The zero-order valence-corrected chi connectivity index (χ0v) is 17.0. The molecule has 0 saturated carbocycles. The monoisotopic (exact) mass is 431 g/mol. The molecule has 0 radical (unpaired) electrons. The summed E-state index contributed by atoms with van der Waals surface area (Å²) in [6, 6.07) is 5.73. The Kier molecular flexibility index (Phi) is 11.1. The number of aliphatic hydroxyl groups is 1. The van der Waals surface area contributed by atoms with Gasteiger partial charge in [-0.1, -0.05) is 31.5 Å². The number of aliphatic hydroxyl groups excluding tert-OH is 1. The van der Waals surface area contributed by atoms with E-state index in [2.05, 4.69) is 5.32 Å². The largest absolute Gasteiger partial charge is 0.484 e. The van der Waals surface area contributed by atoms with Crippen molar-refractivity contribution in [3.63, 3.8) is 0 Å². The number of halogens is 1. The van der Waals surface area contributed by atoms with Crippen LogP contribution in [0.3, 0.4) is 0 Å². The van der Waals surface area contributed by atoms with Gasteiger partial charge < -0.3 is 34.8 Å². The molecule has 29 heavy (non-hydrogen) atoms. The number of rotatable bonds is 9. The zero-order chi connectivity index (χ0) is 21.8. The summed E-state index contributed by atoms with van der Waals surface area (Å²) in [5.41, 5.74) is 0. The predicted octanol–water partition coefficient (Wildman–Crippen LogP) is 1.57. The third-order valence-electron chi connectivity index (χ3n) is 3.38. The van der Waals surface area contributed by atoms with Gasteiger partial charge in [-0.3, -0.25) is 0 Å². The lowest BCUT2D eigenvalue weighted by atomic mass is 10.2. The number of carbonyl (C=O) groups is 2. The average Bonchev–Trinajstić information content (AvgIpc) is 2.65. The van der Waals surface area contributed by atoms with Crippen LogP contribution >= 0.6 is 11.6 Å². The molecule has 9 nitrogen and oxygen atoms in total. The summed E-state index contributed by atoms with van der Waals surface area (Å²) in [7, 11) is 0. The smallest absolute Gasteiger partial charge is 0.328 e. The number of hydrogen-bond acceptors (Lipinski definition) is 7. The van der Waals surface area contributed by atoms with E-state index < -0.39 is 18.0 Å². The van der Waals surface area contributed by atoms with E-state index in [0.717, 1.165) is 0 Å². The summed E-state index contributed by atoms with van der Waals surface area (Å²) in [6.07, 6.45) is 0.393. The highest BCUT2D eigenvalue weighted by Gasteiger charge is 2.23. The molecule has 0 saturated heterocycles. The van der Waals surface area contributed by atoms with Crippen molar-refractivity contribution in [3.05, 3.63) is 35.4 Å². The lowest BCUT2D eigenvalue weighted by Gasteiger charge is -2.27. The highest BCUT2D eigenvalue weighted by Crippen LogP contribution is 2.37. The Bertz CT molecular complexity index is 679. The van der Waals surface area contributed by atoms with Crippen LogP contribution in [0.1, 0.15) is 13.8 Å². The number of carboxylic acid groups (broad SMARTS) is 2. The molecule has 2 rings (SSSR count). The molecular formula is C19H26ClNO8. The van der Waals surface area contributed by atoms with E-state index in [1.165, 1.54) is 0 Å². The number of nitrogens with one attached hydrogen (secondary N) is 1. The number of para-hydroxylation sites is 1. The highest BCUT2D eigenvalue weighted by atomic mass is 35.5. The van der Waals surface area contributed by atoms with Crippen LogP contribution in [0.5, 0.6) is 11.5 Å². The first-order chi connectivity index (χ1) is 13.7. The molecule has 1 aliphatic heterocycles. The van der Waals surface area contributed by atoms with Crippen LogP contribution in [0.15, 0.2) is 30.4 Å². The van der Waals surface area contributed by atoms with Gasteiger partial charge in [-0.2, -0.15) is 0 Å². The van der Waals surface area contributed by atoms with Crippen LogP contribution in [0, 0.1) is 0 Å². The predicted molar refractivity (Wildman–Crippen MR) is 106 cm³/mol. The first kappa shape index (κ1) is 24.7. The van der Waals surface area contributed by atoms with Crippen molar-refractivity contribution in [2.75, 3.05) is 26.4 Å². The molecule has 2 atom stereocenters. The molecule has 0 bridgehead atoms. The van der Waals surface area contributed by atoms with Crippen LogP contribution in [-0.2, 0) is 14.3 Å². The molecule has 162 valence electrons. The fraction of sp³-hybridized carbons (Fsp3) is 0.474. The normalized spacial score (nSPS) is 16.2. The SMILES string of the molecule is CC(C)NCC(O)COCC1COc2c(Cl)cccc2O1.O=C(O)/C=C/C(=O)O. The Morgan fingerprint density at radius 3 is 2.55 bits per heavy atom. The second-order valence-corrected chi connectivity index (χ2v) is 6.79. The topological polar surface area (TPSA) is 135 Å². The molecule has 2 unspecified atom stereocenters. The molecule has 0 spiro atoms. The lowest BCUT2D eigenvalue weighted by Crippen LogP contribution is -2.37. The van der Waals surface area contributed by atoms with Crippen molar-refractivity contribution in [1.82, 2.24) is 5.32 Å². The second-order valence-electron chi connectivity index (χ2n) is 6.38. The zero-order valence-electron chi connectivity index (χ0n) is 16.2. The maximum atomic E-state index is 9.74. The van der Waals surface area contributed by atoms with E-state index in [4.69, 9.17) is 36.0 Å². The Balaban J connectivity index is 0.000000447. The van der Waals surface area contributed by atoms with E-state index >= 15 is 0 Å². The quantitative estimate of drug-likeness (QED) is 0.429. The van der Waals surface area contributed by atoms with E-state index in [1.54, 1.807) is 6.07 Å². The minimum atomic E-state index is -1.26. The van der Waals surface area contributed by atoms with Gasteiger partial charge in [-0.05, 0) is 12.1 Å². The van der Waals surface area contributed by atoms with Crippen LogP contribution in [0.4, 0.5) is 0 Å². The molecule has 1 aromatic rings. The Morgan fingerprint density at radius 1 is 1.31 bits per heavy atom. The number of fused-ring (bicyclic) bond motifs is 1. The molecule has 0 fully saturated rings. The number of ether oxygens (including phenoxy) is 3. The van der Waals surface area contributed by atoms with Gasteiger partial charge in [0.2, 0.25) is 0 Å². The Morgan fingerprint density at radius 2 is 1.97 bits per heavy atom. The first-order valence-corrected chi connectivity index (χ1v) is 9.28. The van der Waals surface area contributed by atoms with Crippen LogP contribution in [-0.4, -0.2) is 71.9 Å². The standard InChI is InChI=1S/C15H22ClNO4.C4H4O4/c1-10(2)17-6-11(18)7-19-8-12-9-20-15-13(16)4-3-5-14(15)21-12;5-3(6)1-2-4(7)8/h3-5,10-12,17-18H,6-9H2,1-2H3;1-2H,(H,5,6)(H,7,8)/b;2-1+. The molecule has 0 aromatic heterocycles. The molecule has 10 heteroatoms. The molecule has 4 N–H and O–H groups in total. The van der Waals surface area contributed by atoms with E-state index in [0.29, 0.717) is 54.5 Å². The summed E-state index contributed by atoms with van der Waals surface area (Å²) in [4.78, 5) is 19.1. The van der Waals surface area contributed by atoms with Gasteiger partial charge in [0.15, 0.2) is 17.6 Å². The minimum absolute atomic E-state index is 0.193. The van der Waals surface area contributed by atoms with Crippen molar-refractivity contribution < 1.29 is 39.1 Å². The second kappa shape index (κ2) is 13.0. The third-order valence-corrected chi connectivity index (χ3v) is 3.68. The molecule has 0 aliphatic carbocycles. The number of hydrogen-bond donors (Lipinski definition) is 4. The summed E-state index contributed by atoms with van der Waals surface area (Å²) in [5, 5.41) is 29.1. The molecule has 1 aromatic carbocycles. The number of carboxylic acids is 2. The van der Waals surface area contributed by atoms with Gasteiger partial charge >= 0.3 is 11.9 Å². The summed E-state index contributed by atoms with van der Waals surface area (Å²) >= 11 is 6.02. The highest BCUT2D eigenvalue weighted by molar-refractivity contribution is 6.32. The van der Waals surface area contributed by atoms with E-state index in [9.17, 15) is 14.7 Å². The van der Waals surface area contributed by atoms with Crippen LogP contribution in [0.25, 0.3) is 0 Å². The van der Waals surface area contributed by atoms with Crippen molar-refractivity contribution in [2.45, 2.75) is 32.1 Å². The van der Waals surface area contributed by atoms with Crippen LogP contribution < -0.4 is 14.8 Å². The molecule has 1 heterocycles. The molecule has 1 aliphatic rings. The first-order valence-electron chi connectivity index (χ1n) is 8.90. The van der Waals surface area contributed by atoms with Gasteiger partial charge in [0, 0.05) is 24.7 Å². The minimum Gasteiger partial charge on any atom is -0.484 e. The average molecular weight is 432 g/mol. The van der Waals surface area contributed by atoms with Gasteiger partial charge in [-0.25, -0.2) is 9.59 Å². The Labute approximate surface area is 173 Å². The summed E-state index contributed by atoms with van der Waals surface area (Å²) in [5.74, 6) is -1.30. The maximum Gasteiger partial charge on any atom is 0.328 e. The van der Waals surface area contributed by atoms with Crippen molar-refractivity contribution in [3.8, 4) is 11.5 Å². The number of aliphatic carboxylic acids is 2. The summed E-state index contributed by atoms with van der Waals surface area (Å²) < 4.78 is 16.8. The number of benzene rings is 1. The maximum absolute atomic E-state index is 9.74. The fourth-order valence-corrected chi connectivity index (χ4v) is 2.32. The fourth-order valence-electron chi connectivity index (χ4n) is 2.10. The van der Waals surface area contributed by atoms with Crippen LogP contribution in [0.2, 0.25) is 5.02 Å². The van der Waals surface area contributed by atoms with E-state index in [1.807, 2.05) is 26.0 Å². The van der Waals surface area contributed by atoms with Crippen molar-refractivity contribution >= 4 is 23.5 Å².